The Morgan fingerprint density at radius 2 is 1.63 bits per heavy atom. The fourth-order valence-electron chi connectivity index (χ4n) is 3.01. The number of hydrogen-bond acceptors (Lipinski definition) is 6. The van der Waals surface area contributed by atoms with E-state index in [2.05, 4.69) is 0 Å². The van der Waals surface area contributed by atoms with Crippen LogP contribution in [0.2, 0.25) is 0 Å². The van der Waals surface area contributed by atoms with Gasteiger partial charge in [0.2, 0.25) is 0 Å². The molecule has 2 heterocycles. The van der Waals surface area contributed by atoms with E-state index in [0.29, 0.717) is 6.61 Å². The maximum absolute atomic E-state index is 6.03. The molecule has 1 spiro atoms. The third-order valence-corrected chi connectivity index (χ3v) is 3.94. The van der Waals surface area contributed by atoms with Gasteiger partial charge in [-0.1, -0.05) is 0 Å². The molecule has 0 unspecified atom stereocenters. The summed E-state index contributed by atoms with van der Waals surface area (Å²) in [6, 6.07) is 0. The topological polar surface area (TPSA) is 55.4 Å². The molecule has 0 saturated carbocycles. The first-order valence-electron chi connectivity index (χ1n) is 6.65. The molecule has 0 aromatic rings. The number of methoxy groups -OCH3 is 4. The maximum Gasteiger partial charge on any atom is 0.200 e. The van der Waals surface area contributed by atoms with Crippen molar-refractivity contribution >= 4 is 0 Å². The average molecular weight is 276 g/mol. The quantitative estimate of drug-likeness (QED) is 0.761. The number of ether oxygens (including phenoxy) is 6. The molecule has 2 saturated heterocycles. The van der Waals surface area contributed by atoms with Gasteiger partial charge in [0, 0.05) is 34.9 Å². The van der Waals surface area contributed by atoms with Crippen LogP contribution >= 0.6 is 0 Å². The molecule has 19 heavy (non-hydrogen) atoms. The molecule has 0 aliphatic carbocycles. The second-order valence-corrected chi connectivity index (χ2v) is 4.90. The summed E-state index contributed by atoms with van der Waals surface area (Å²) in [5, 5.41) is 0. The average Bonchev–Trinajstić information content (AvgIpc) is 2.46. The van der Waals surface area contributed by atoms with Crippen molar-refractivity contribution in [3.8, 4) is 0 Å². The van der Waals surface area contributed by atoms with Gasteiger partial charge in [-0.15, -0.1) is 0 Å². The predicted molar refractivity (Wildman–Crippen MR) is 66.8 cm³/mol. The van der Waals surface area contributed by atoms with Crippen LogP contribution in [0.1, 0.15) is 19.3 Å². The van der Waals surface area contributed by atoms with E-state index < -0.39 is 12.1 Å². The first-order chi connectivity index (χ1) is 9.22. The first kappa shape index (κ1) is 15.2. The van der Waals surface area contributed by atoms with E-state index in [9.17, 15) is 0 Å². The van der Waals surface area contributed by atoms with Gasteiger partial charge in [0.25, 0.3) is 0 Å². The molecule has 0 radical (unpaired) electrons. The number of hydrogen-bond donors (Lipinski definition) is 0. The lowest BCUT2D eigenvalue weighted by atomic mass is 9.90. The van der Waals surface area contributed by atoms with Gasteiger partial charge in [-0.25, -0.2) is 0 Å². The zero-order valence-electron chi connectivity index (χ0n) is 12.1. The molecule has 0 bridgehead atoms. The summed E-state index contributed by atoms with van der Waals surface area (Å²) in [5.74, 6) is -0.802. The molecule has 0 aromatic carbocycles. The Bertz CT molecular complexity index is 278. The van der Waals surface area contributed by atoms with Crippen molar-refractivity contribution in [2.75, 3.05) is 35.0 Å². The summed E-state index contributed by atoms with van der Waals surface area (Å²) in [6.07, 6.45) is 1.31. The van der Waals surface area contributed by atoms with Gasteiger partial charge in [0.1, 0.15) is 18.3 Å². The summed E-state index contributed by atoms with van der Waals surface area (Å²) in [6.45, 7) is 0.657. The van der Waals surface area contributed by atoms with E-state index in [1.54, 1.807) is 28.4 Å². The molecule has 112 valence electrons. The van der Waals surface area contributed by atoms with Crippen molar-refractivity contribution in [3.05, 3.63) is 0 Å². The zero-order chi connectivity index (χ0) is 13.9. The van der Waals surface area contributed by atoms with Gasteiger partial charge >= 0.3 is 0 Å². The lowest BCUT2D eigenvalue weighted by Gasteiger charge is -2.52. The van der Waals surface area contributed by atoms with Gasteiger partial charge in [-0.05, 0) is 12.8 Å². The van der Waals surface area contributed by atoms with Crippen molar-refractivity contribution < 1.29 is 28.4 Å². The van der Waals surface area contributed by atoms with E-state index in [1.807, 2.05) is 0 Å². The molecule has 5 atom stereocenters. The van der Waals surface area contributed by atoms with Gasteiger partial charge in [0.15, 0.2) is 12.1 Å². The minimum Gasteiger partial charge on any atom is -0.376 e. The normalized spacial score (nSPS) is 43.6. The Morgan fingerprint density at radius 3 is 2.11 bits per heavy atom. The van der Waals surface area contributed by atoms with Crippen molar-refractivity contribution in [1.29, 1.82) is 0 Å². The van der Waals surface area contributed by atoms with Crippen LogP contribution in [0.4, 0.5) is 0 Å². The standard InChI is InChI=1S/C13H24O6/c1-14-9-10(15-2)12(17-4)19-13(11(9)16-3)7-5-6-8-18-13/h9-12H,5-8H2,1-4H3/t9-,10-,11+,12-,13+/m1/s1. The molecule has 2 fully saturated rings. The van der Waals surface area contributed by atoms with Crippen LogP contribution in [0, 0.1) is 0 Å². The summed E-state index contributed by atoms with van der Waals surface area (Å²) >= 11 is 0. The smallest absolute Gasteiger partial charge is 0.200 e. The lowest BCUT2D eigenvalue weighted by Crippen LogP contribution is -2.67. The largest absolute Gasteiger partial charge is 0.376 e. The third-order valence-electron chi connectivity index (χ3n) is 3.94. The molecular weight excluding hydrogens is 252 g/mol. The maximum atomic E-state index is 6.03. The SMILES string of the molecule is CO[C@@H]1O[C@@]2(CCCCO2)[C@@H](OC)[C@H](OC)[C@H]1OC. The van der Waals surface area contributed by atoms with Gasteiger partial charge in [-0.3, -0.25) is 0 Å². The molecule has 2 rings (SSSR count). The Balaban J connectivity index is 2.28. The zero-order valence-corrected chi connectivity index (χ0v) is 12.1. The molecular formula is C13H24O6. The molecule has 0 aromatic heterocycles. The molecule has 6 nitrogen and oxygen atoms in total. The molecule has 6 heteroatoms. The second kappa shape index (κ2) is 6.47. The van der Waals surface area contributed by atoms with E-state index in [-0.39, 0.29) is 18.3 Å². The van der Waals surface area contributed by atoms with Crippen LogP contribution in [0.25, 0.3) is 0 Å². The van der Waals surface area contributed by atoms with Crippen LogP contribution in [0.15, 0.2) is 0 Å². The van der Waals surface area contributed by atoms with Crippen molar-refractivity contribution in [3.63, 3.8) is 0 Å². The Kier molecular flexibility index (Phi) is 5.16. The van der Waals surface area contributed by atoms with Crippen LogP contribution in [0.3, 0.4) is 0 Å². The van der Waals surface area contributed by atoms with Crippen molar-refractivity contribution in [2.45, 2.75) is 49.7 Å². The molecule has 0 N–H and O–H groups in total. The highest BCUT2D eigenvalue weighted by Crippen LogP contribution is 2.40. The fourth-order valence-corrected chi connectivity index (χ4v) is 3.01. The minimum absolute atomic E-state index is 0.299. The fraction of sp³-hybridized carbons (Fsp3) is 1.00. The van der Waals surface area contributed by atoms with Crippen LogP contribution in [-0.4, -0.2) is 65.4 Å². The summed E-state index contributed by atoms with van der Waals surface area (Å²) in [7, 11) is 6.47. The second-order valence-electron chi connectivity index (χ2n) is 4.90. The Morgan fingerprint density at radius 1 is 0.895 bits per heavy atom. The van der Waals surface area contributed by atoms with Gasteiger partial charge < -0.3 is 28.4 Å². The monoisotopic (exact) mass is 276 g/mol. The molecule has 0 amide bonds. The van der Waals surface area contributed by atoms with Gasteiger partial charge in [-0.2, -0.15) is 0 Å². The van der Waals surface area contributed by atoms with E-state index in [1.165, 1.54) is 0 Å². The number of rotatable bonds is 4. The lowest BCUT2D eigenvalue weighted by molar-refractivity contribution is -0.412. The van der Waals surface area contributed by atoms with Crippen molar-refractivity contribution in [2.24, 2.45) is 0 Å². The van der Waals surface area contributed by atoms with E-state index >= 15 is 0 Å². The minimum atomic E-state index is -0.802. The third kappa shape index (κ3) is 2.66. The van der Waals surface area contributed by atoms with Gasteiger partial charge in [0.05, 0.1) is 6.61 Å². The predicted octanol–water partition coefficient (Wildman–Crippen LogP) is 0.931. The van der Waals surface area contributed by atoms with Crippen LogP contribution in [-0.2, 0) is 28.4 Å². The summed E-state index contributed by atoms with van der Waals surface area (Å²) < 4.78 is 33.9. The highest BCUT2D eigenvalue weighted by atomic mass is 16.8. The van der Waals surface area contributed by atoms with Crippen LogP contribution in [0.5, 0.6) is 0 Å². The summed E-state index contributed by atoms with van der Waals surface area (Å²) in [4.78, 5) is 0. The Labute approximate surface area is 114 Å². The van der Waals surface area contributed by atoms with E-state index in [4.69, 9.17) is 28.4 Å². The highest BCUT2D eigenvalue weighted by molar-refractivity contribution is 4.98. The highest BCUT2D eigenvalue weighted by Gasteiger charge is 2.57. The molecule has 2 aliphatic heterocycles. The van der Waals surface area contributed by atoms with Crippen LogP contribution < -0.4 is 0 Å². The molecule has 2 aliphatic rings. The van der Waals surface area contributed by atoms with E-state index in [0.717, 1.165) is 19.3 Å². The first-order valence-corrected chi connectivity index (χ1v) is 6.65. The Hall–Kier alpha value is -0.240. The van der Waals surface area contributed by atoms with Crippen molar-refractivity contribution in [1.82, 2.24) is 0 Å². The summed E-state index contributed by atoms with van der Waals surface area (Å²) in [5.41, 5.74) is 0.